The third-order valence-corrected chi connectivity index (χ3v) is 4.70. The second kappa shape index (κ2) is 11.3. The van der Waals surface area contributed by atoms with Crippen LogP contribution in [0.1, 0.15) is 93.8 Å². The fraction of sp³-hybridized carbons (Fsp3) is 0.750. The molecule has 0 aromatic carbocycles. The summed E-state index contributed by atoms with van der Waals surface area (Å²) >= 11 is 0. The number of carbonyl (C=O) groups is 1. The molecule has 23 heavy (non-hydrogen) atoms. The summed E-state index contributed by atoms with van der Waals surface area (Å²) < 4.78 is 6.10. The highest BCUT2D eigenvalue weighted by Gasteiger charge is 2.13. The quantitative estimate of drug-likeness (QED) is 0.454. The molecule has 0 unspecified atom stereocenters. The van der Waals surface area contributed by atoms with Gasteiger partial charge in [-0.1, -0.05) is 45.4 Å². The first kappa shape index (κ1) is 19.8. The van der Waals surface area contributed by atoms with E-state index in [9.17, 15) is 4.79 Å². The average Bonchev–Trinajstić information content (AvgIpc) is 2.78. The Hall–Kier alpha value is -1.25. The minimum atomic E-state index is -0.689. The predicted octanol–water partition coefficient (Wildman–Crippen LogP) is 5.99. The molecule has 0 aliphatic carbocycles. The minimum Gasteiger partial charge on any atom is -0.481 e. The van der Waals surface area contributed by atoms with Crippen LogP contribution in [0.15, 0.2) is 4.42 Å². The highest BCUT2D eigenvalue weighted by Crippen LogP contribution is 2.25. The topological polar surface area (TPSA) is 50.4 Å². The van der Waals surface area contributed by atoms with Crippen LogP contribution in [-0.2, 0) is 17.6 Å². The third-order valence-electron chi connectivity index (χ3n) is 4.70. The fourth-order valence-corrected chi connectivity index (χ4v) is 3.00. The summed E-state index contributed by atoms with van der Waals surface area (Å²) in [5.41, 5.74) is 2.65. The zero-order chi connectivity index (χ0) is 17.1. The summed E-state index contributed by atoms with van der Waals surface area (Å²) in [6.07, 6.45) is 12.8. The predicted molar refractivity (Wildman–Crippen MR) is 95.1 cm³/mol. The summed E-state index contributed by atoms with van der Waals surface area (Å²) in [6.45, 7) is 6.59. The maximum absolute atomic E-state index is 10.5. The van der Waals surface area contributed by atoms with E-state index in [2.05, 4.69) is 20.8 Å². The number of unbranched alkanes of at least 4 members (excludes halogenated alkanes) is 7. The molecule has 1 aromatic heterocycles. The van der Waals surface area contributed by atoms with E-state index < -0.39 is 5.97 Å². The Morgan fingerprint density at radius 3 is 1.78 bits per heavy atom. The average molecular weight is 322 g/mol. The first-order chi connectivity index (χ1) is 11.1. The van der Waals surface area contributed by atoms with Gasteiger partial charge in [-0.05, 0) is 44.2 Å². The molecule has 0 atom stereocenters. The smallest absolute Gasteiger partial charge is 0.303 e. The zero-order valence-electron chi connectivity index (χ0n) is 15.2. The highest BCUT2D eigenvalue weighted by molar-refractivity contribution is 5.66. The molecule has 1 N–H and O–H groups in total. The molecule has 1 heterocycles. The molecule has 1 aromatic rings. The van der Waals surface area contributed by atoms with Crippen LogP contribution in [0.3, 0.4) is 0 Å². The lowest BCUT2D eigenvalue weighted by Gasteiger charge is -2.01. The Morgan fingerprint density at radius 2 is 1.30 bits per heavy atom. The molecule has 3 nitrogen and oxygen atoms in total. The van der Waals surface area contributed by atoms with Gasteiger partial charge in [0.15, 0.2) is 0 Å². The van der Waals surface area contributed by atoms with E-state index in [1.165, 1.54) is 49.0 Å². The van der Waals surface area contributed by atoms with Crippen LogP contribution in [-0.4, -0.2) is 11.1 Å². The maximum Gasteiger partial charge on any atom is 0.303 e. The first-order valence-corrected chi connectivity index (χ1v) is 9.35. The molecule has 0 saturated carbocycles. The van der Waals surface area contributed by atoms with Crippen LogP contribution in [0.2, 0.25) is 0 Å². The zero-order valence-corrected chi connectivity index (χ0v) is 15.2. The van der Waals surface area contributed by atoms with Crippen molar-refractivity contribution < 1.29 is 14.3 Å². The molecule has 1 rings (SSSR count). The van der Waals surface area contributed by atoms with E-state index in [1.807, 2.05) is 0 Å². The van der Waals surface area contributed by atoms with Crippen LogP contribution in [0.4, 0.5) is 0 Å². The summed E-state index contributed by atoms with van der Waals surface area (Å²) in [5, 5.41) is 8.62. The van der Waals surface area contributed by atoms with Gasteiger partial charge in [0.1, 0.15) is 11.5 Å². The van der Waals surface area contributed by atoms with Crippen molar-refractivity contribution >= 4 is 5.97 Å². The van der Waals surface area contributed by atoms with Crippen molar-refractivity contribution in [2.24, 2.45) is 0 Å². The molecular weight excluding hydrogens is 288 g/mol. The summed E-state index contributed by atoms with van der Waals surface area (Å²) in [6, 6.07) is 0. The number of furan rings is 1. The molecule has 0 fully saturated rings. The van der Waals surface area contributed by atoms with Crippen molar-refractivity contribution in [2.45, 2.75) is 97.8 Å². The second-order valence-electron chi connectivity index (χ2n) is 6.67. The van der Waals surface area contributed by atoms with E-state index in [0.717, 1.165) is 44.3 Å². The number of aliphatic carboxylic acids is 1. The van der Waals surface area contributed by atoms with Gasteiger partial charge in [-0.25, -0.2) is 0 Å². The second-order valence-corrected chi connectivity index (χ2v) is 6.67. The van der Waals surface area contributed by atoms with E-state index in [1.54, 1.807) is 0 Å². The van der Waals surface area contributed by atoms with E-state index in [0.29, 0.717) is 6.42 Å². The molecule has 0 aliphatic rings. The number of aryl methyl sites for hydroxylation is 2. The highest BCUT2D eigenvalue weighted by atomic mass is 16.4. The van der Waals surface area contributed by atoms with Crippen LogP contribution >= 0.6 is 0 Å². The van der Waals surface area contributed by atoms with Gasteiger partial charge in [0.05, 0.1) is 0 Å². The lowest BCUT2D eigenvalue weighted by molar-refractivity contribution is -0.137. The molecular formula is C20H34O3. The van der Waals surface area contributed by atoms with Crippen LogP contribution < -0.4 is 0 Å². The normalized spacial score (nSPS) is 11.1. The lowest BCUT2D eigenvalue weighted by Crippen LogP contribution is -1.94. The van der Waals surface area contributed by atoms with Crippen LogP contribution in [0, 0.1) is 13.8 Å². The number of carboxylic acid groups (broad SMARTS) is 1. The Morgan fingerprint density at radius 1 is 0.826 bits per heavy atom. The molecule has 0 bridgehead atoms. The Labute approximate surface area is 141 Å². The van der Waals surface area contributed by atoms with Gasteiger partial charge in [-0.2, -0.15) is 0 Å². The van der Waals surface area contributed by atoms with E-state index in [4.69, 9.17) is 9.52 Å². The fourth-order valence-electron chi connectivity index (χ4n) is 3.00. The van der Waals surface area contributed by atoms with Gasteiger partial charge in [-0.3, -0.25) is 4.79 Å². The van der Waals surface area contributed by atoms with Crippen LogP contribution in [0.25, 0.3) is 0 Å². The van der Waals surface area contributed by atoms with Gasteiger partial charge in [0, 0.05) is 19.3 Å². The number of carboxylic acids is 1. The standard InChI is InChI=1S/C20H34O3/c1-4-5-6-7-10-13-18-16(2)17(3)19(23-18)14-11-8-9-12-15-20(21)22/h4-15H2,1-3H3,(H,21,22). The summed E-state index contributed by atoms with van der Waals surface area (Å²) in [7, 11) is 0. The Bertz CT molecular complexity index is 460. The molecule has 0 radical (unpaired) electrons. The van der Waals surface area contributed by atoms with Gasteiger partial charge < -0.3 is 9.52 Å². The van der Waals surface area contributed by atoms with Gasteiger partial charge >= 0.3 is 5.97 Å². The van der Waals surface area contributed by atoms with Crippen molar-refractivity contribution in [3.8, 4) is 0 Å². The molecule has 0 saturated heterocycles. The first-order valence-electron chi connectivity index (χ1n) is 9.35. The Balaban J connectivity index is 2.30. The molecule has 3 heteroatoms. The van der Waals surface area contributed by atoms with E-state index >= 15 is 0 Å². The van der Waals surface area contributed by atoms with Crippen molar-refractivity contribution in [2.75, 3.05) is 0 Å². The van der Waals surface area contributed by atoms with Gasteiger partial charge in [-0.15, -0.1) is 0 Å². The number of rotatable bonds is 13. The maximum atomic E-state index is 10.5. The number of hydrogen-bond donors (Lipinski definition) is 1. The van der Waals surface area contributed by atoms with Crippen molar-refractivity contribution in [1.29, 1.82) is 0 Å². The molecule has 0 amide bonds. The third kappa shape index (κ3) is 7.71. The summed E-state index contributed by atoms with van der Waals surface area (Å²) in [5.74, 6) is 1.63. The SMILES string of the molecule is CCCCCCCc1oc(CCCCCCC(=O)O)c(C)c1C. The van der Waals surface area contributed by atoms with Crippen molar-refractivity contribution in [3.05, 3.63) is 22.6 Å². The molecule has 0 aliphatic heterocycles. The summed E-state index contributed by atoms with van der Waals surface area (Å²) in [4.78, 5) is 10.5. The van der Waals surface area contributed by atoms with E-state index in [-0.39, 0.29) is 0 Å². The monoisotopic (exact) mass is 322 g/mol. The van der Waals surface area contributed by atoms with Gasteiger partial charge in [0.2, 0.25) is 0 Å². The van der Waals surface area contributed by atoms with Crippen molar-refractivity contribution in [1.82, 2.24) is 0 Å². The molecule has 132 valence electrons. The molecule has 0 spiro atoms. The Kier molecular flexibility index (Phi) is 9.74. The van der Waals surface area contributed by atoms with Gasteiger partial charge in [0.25, 0.3) is 0 Å². The largest absolute Gasteiger partial charge is 0.481 e. The van der Waals surface area contributed by atoms with Crippen LogP contribution in [0.5, 0.6) is 0 Å². The lowest BCUT2D eigenvalue weighted by atomic mass is 10.0. The van der Waals surface area contributed by atoms with Crippen molar-refractivity contribution in [3.63, 3.8) is 0 Å². The number of hydrogen-bond acceptors (Lipinski definition) is 2. The minimum absolute atomic E-state index is 0.293.